The van der Waals surface area contributed by atoms with Crippen molar-refractivity contribution in [1.82, 2.24) is 4.98 Å². The van der Waals surface area contributed by atoms with E-state index < -0.39 is 0 Å². The lowest BCUT2D eigenvalue weighted by atomic mass is 10.1. The third-order valence-corrected chi connectivity index (χ3v) is 4.10. The summed E-state index contributed by atoms with van der Waals surface area (Å²) in [5.41, 5.74) is 8.74. The van der Waals surface area contributed by atoms with Gasteiger partial charge in [-0.25, -0.2) is 14.9 Å². The number of guanidine groups is 1. The van der Waals surface area contributed by atoms with Crippen LogP contribution in [-0.4, -0.2) is 10.9 Å². The molecule has 1 unspecified atom stereocenters. The molecule has 2 heterocycles. The van der Waals surface area contributed by atoms with Crippen molar-refractivity contribution < 1.29 is 4.57 Å². The summed E-state index contributed by atoms with van der Waals surface area (Å²) in [5.74, 6) is 0.818. The third kappa shape index (κ3) is 2.07. The number of benzene rings is 2. The number of anilines is 1. The van der Waals surface area contributed by atoms with Crippen LogP contribution >= 0.6 is 0 Å². The van der Waals surface area contributed by atoms with Gasteiger partial charge in [0.25, 0.3) is 5.96 Å². The molecule has 0 radical (unpaired) electrons. The maximum atomic E-state index is 12.3. The van der Waals surface area contributed by atoms with Gasteiger partial charge in [0.2, 0.25) is 6.17 Å². The van der Waals surface area contributed by atoms with Crippen LogP contribution in [0.4, 0.5) is 5.95 Å². The normalized spacial score (nSPS) is 16.6. The van der Waals surface area contributed by atoms with Crippen LogP contribution in [0, 0.1) is 6.92 Å². The first kappa shape index (κ1) is 13.5. The van der Waals surface area contributed by atoms with Crippen molar-refractivity contribution in [2.45, 2.75) is 13.1 Å². The number of rotatable bonds is 1. The molecule has 0 spiro atoms. The van der Waals surface area contributed by atoms with Gasteiger partial charge in [0.1, 0.15) is 5.52 Å². The molecule has 1 aliphatic heterocycles. The fraction of sp³-hybridized carbons (Fsp3) is 0.118. The van der Waals surface area contributed by atoms with E-state index in [0.717, 1.165) is 16.6 Å². The second-order valence-corrected chi connectivity index (χ2v) is 5.56. The second-order valence-electron chi connectivity index (χ2n) is 5.56. The number of aryl methyl sites for hydroxylation is 1. The first-order valence-corrected chi connectivity index (χ1v) is 7.37. The van der Waals surface area contributed by atoms with Crippen LogP contribution in [0.15, 0.2) is 58.3 Å². The Labute approximate surface area is 132 Å². The molecule has 1 aromatic heterocycles. The number of nitrogens with two attached hydrogens (primary N) is 1. The molecule has 6 heteroatoms. The minimum absolute atomic E-state index is 0.155. The molecule has 114 valence electrons. The summed E-state index contributed by atoms with van der Waals surface area (Å²) in [7, 11) is 0. The van der Waals surface area contributed by atoms with Crippen LogP contribution in [0.3, 0.4) is 0 Å². The molecule has 0 amide bonds. The van der Waals surface area contributed by atoms with Crippen molar-refractivity contribution in [2.24, 2.45) is 10.7 Å². The smallest absolute Gasteiger partial charge is 0.357 e. The van der Waals surface area contributed by atoms with Crippen molar-refractivity contribution >= 4 is 22.8 Å². The summed E-state index contributed by atoms with van der Waals surface area (Å²) in [5, 5.41) is 3.57. The molecule has 0 saturated heterocycles. The third-order valence-electron chi connectivity index (χ3n) is 4.10. The lowest BCUT2D eigenvalue weighted by molar-refractivity contribution is -0.677. The Bertz CT molecular complexity index is 1010. The van der Waals surface area contributed by atoms with E-state index in [9.17, 15) is 4.79 Å². The topological polar surface area (TPSA) is 87.1 Å². The number of nitrogens with one attached hydrogen (secondary N) is 2. The average Bonchev–Trinajstić information content (AvgIpc) is 2.54. The number of fused-ring (bicyclic) bond motifs is 3. The number of aromatic amines is 1. The molecule has 3 aromatic rings. The monoisotopic (exact) mass is 306 g/mol. The Morgan fingerprint density at radius 3 is 2.70 bits per heavy atom. The first-order chi connectivity index (χ1) is 11.1. The molecular formula is C17H16N5O+. The molecular weight excluding hydrogens is 290 g/mol. The molecule has 6 nitrogen and oxygen atoms in total. The number of H-pyrrole nitrogens is 1. The van der Waals surface area contributed by atoms with E-state index in [0.29, 0.717) is 11.3 Å². The summed E-state index contributed by atoms with van der Waals surface area (Å²) in [4.78, 5) is 19.7. The van der Waals surface area contributed by atoms with E-state index in [1.54, 1.807) is 6.07 Å². The molecule has 0 saturated carbocycles. The van der Waals surface area contributed by atoms with E-state index in [-0.39, 0.29) is 17.7 Å². The van der Waals surface area contributed by atoms with Crippen molar-refractivity contribution in [3.63, 3.8) is 0 Å². The molecule has 1 aliphatic rings. The van der Waals surface area contributed by atoms with Crippen LogP contribution in [0.1, 0.15) is 17.3 Å². The Morgan fingerprint density at radius 2 is 1.87 bits per heavy atom. The zero-order chi connectivity index (χ0) is 16.0. The Hall–Kier alpha value is -3.15. The maximum Gasteiger partial charge on any atom is 0.367 e. The van der Waals surface area contributed by atoms with Crippen LogP contribution in [-0.2, 0) is 0 Å². The highest BCUT2D eigenvalue weighted by molar-refractivity contribution is 5.91. The van der Waals surface area contributed by atoms with Gasteiger partial charge in [-0.2, -0.15) is 4.99 Å². The van der Waals surface area contributed by atoms with Crippen molar-refractivity contribution in [3.05, 3.63) is 70.0 Å². The van der Waals surface area contributed by atoms with Crippen LogP contribution in [0.25, 0.3) is 10.9 Å². The molecule has 23 heavy (non-hydrogen) atoms. The van der Waals surface area contributed by atoms with Gasteiger partial charge < -0.3 is 5.73 Å². The Kier molecular flexibility index (Phi) is 2.90. The van der Waals surface area contributed by atoms with Gasteiger partial charge in [0, 0.05) is 5.56 Å². The summed E-state index contributed by atoms with van der Waals surface area (Å²) in [6.45, 7) is 2.04. The van der Waals surface area contributed by atoms with E-state index >= 15 is 0 Å². The quantitative estimate of drug-likeness (QED) is 0.594. The van der Waals surface area contributed by atoms with Gasteiger partial charge in [-0.1, -0.05) is 36.4 Å². The van der Waals surface area contributed by atoms with E-state index in [2.05, 4.69) is 15.3 Å². The fourth-order valence-electron chi connectivity index (χ4n) is 3.00. The van der Waals surface area contributed by atoms with E-state index in [4.69, 9.17) is 5.73 Å². The van der Waals surface area contributed by atoms with Crippen LogP contribution in [0.2, 0.25) is 0 Å². The summed E-state index contributed by atoms with van der Waals surface area (Å²) in [6.07, 6.45) is -0.325. The van der Waals surface area contributed by atoms with Crippen LogP contribution in [0.5, 0.6) is 0 Å². The predicted octanol–water partition coefficient (Wildman–Crippen LogP) is 1.41. The summed E-state index contributed by atoms with van der Waals surface area (Å²) < 4.78 is 1.97. The zero-order valence-corrected chi connectivity index (χ0v) is 12.6. The number of nitrogens with zero attached hydrogens (tertiary/aromatic N) is 2. The van der Waals surface area contributed by atoms with Crippen molar-refractivity contribution in [1.29, 1.82) is 0 Å². The lowest BCUT2D eigenvalue weighted by Crippen LogP contribution is -2.51. The molecule has 4 N–H and O–H groups in total. The maximum absolute atomic E-state index is 12.3. The van der Waals surface area contributed by atoms with Crippen LogP contribution < -0.4 is 21.2 Å². The number of aliphatic imine (C=N–C) groups is 1. The highest BCUT2D eigenvalue weighted by Gasteiger charge is 2.30. The van der Waals surface area contributed by atoms with Gasteiger partial charge in [0.15, 0.2) is 0 Å². The van der Waals surface area contributed by atoms with Gasteiger partial charge in [-0.3, -0.25) is 4.79 Å². The number of hydrogen-bond acceptors (Lipinski definition) is 4. The molecule has 0 aliphatic carbocycles. The van der Waals surface area contributed by atoms with Gasteiger partial charge in [-0.05, 0) is 24.6 Å². The molecule has 0 bridgehead atoms. The summed E-state index contributed by atoms with van der Waals surface area (Å²) >= 11 is 0. The molecule has 0 fully saturated rings. The van der Waals surface area contributed by atoms with Crippen molar-refractivity contribution in [3.8, 4) is 0 Å². The SMILES string of the molecule is Cc1ccccc1C1N=C(N)Nc2[nH]c(=O)c3ccccc3[n+]21. The number of para-hydroxylation sites is 1. The second kappa shape index (κ2) is 4.95. The number of aromatic nitrogens is 2. The molecule has 4 rings (SSSR count). The predicted molar refractivity (Wildman–Crippen MR) is 89.3 cm³/mol. The van der Waals surface area contributed by atoms with Gasteiger partial charge >= 0.3 is 11.5 Å². The highest BCUT2D eigenvalue weighted by Crippen LogP contribution is 2.23. The van der Waals surface area contributed by atoms with E-state index in [1.807, 2.05) is 54.0 Å². The standard InChI is InChI=1S/C17H15N5O/c1-10-6-2-3-7-11(10)14-19-16(18)21-17-20-15(23)12-8-4-5-9-13(12)22(14)17/h2-9,14H,1H3,(H3,18,19,20,21,23)/p+1. The van der Waals surface area contributed by atoms with Gasteiger partial charge in [-0.15, -0.1) is 0 Å². The first-order valence-electron chi connectivity index (χ1n) is 7.37. The minimum atomic E-state index is -0.325. The van der Waals surface area contributed by atoms with E-state index in [1.165, 1.54) is 0 Å². The Balaban J connectivity index is 2.08. The fourth-order valence-corrected chi connectivity index (χ4v) is 3.00. The van der Waals surface area contributed by atoms with Crippen molar-refractivity contribution in [2.75, 3.05) is 5.32 Å². The van der Waals surface area contributed by atoms with Gasteiger partial charge in [0.05, 0.1) is 5.39 Å². The minimum Gasteiger partial charge on any atom is -0.357 e. The highest BCUT2D eigenvalue weighted by atomic mass is 16.1. The molecule has 2 aromatic carbocycles. The average molecular weight is 306 g/mol. The lowest BCUT2D eigenvalue weighted by Gasteiger charge is -2.22. The number of hydrogen-bond donors (Lipinski definition) is 3. The molecule has 1 atom stereocenters. The largest absolute Gasteiger partial charge is 0.367 e. The zero-order valence-electron chi connectivity index (χ0n) is 12.6. The summed E-state index contributed by atoms with van der Waals surface area (Å²) in [6, 6.07) is 15.5. The Morgan fingerprint density at radius 1 is 1.13 bits per heavy atom.